The van der Waals surface area contributed by atoms with Gasteiger partial charge < -0.3 is 15.8 Å². The molecule has 0 unspecified atom stereocenters. The zero-order chi connectivity index (χ0) is 13.0. The van der Waals surface area contributed by atoms with E-state index in [0.717, 1.165) is 19.4 Å². The third-order valence-electron chi connectivity index (χ3n) is 3.36. The standard InChI is InChI=1S/C12H19BrN4O/c1-18-7-8-2-4-9(5-3-8)16-12-11(14)15-6-10(13)17-12/h6,8-9H,2-5,7H2,1H3,(H2,14,15)(H,16,17)/t8-,9-. The summed E-state index contributed by atoms with van der Waals surface area (Å²) in [6, 6.07) is 0.434. The fraction of sp³-hybridized carbons (Fsp3) is 0.667. The molecule has 1 fully saturated rings. The van der Waals surface area contributed by atoms with E-state index in [2.05, 4.69) is 31.2 Å². The van der Waals surface area contributed by atoms with E-state index in [-0.39, 0.29) is 0 Å². The molecular weight excluding hydrogens is 296 g/mol. The van der Waals surface area contributed by atoms with Crippen molar-refractivity contribution in [1.82, 2.24) is 9.97 Å². The summed E-state index contributed by atoms with van der Waals surface area (Å²) < 4.78 is 5.90. The SMILES string of the molecule is COC[C@H]1CC[C@H](Nc2nc(Br)cnc2N)CC1. The quantitative estimate of drug-likeness (QED) is 0.893. The summed E-state index contributed by atoms with van der Waals surface area (Å²) in [5.41, 5.74) is 5.80. The predicted molar refractivity (Wildman–Crippen MR) is 75.4 cm³/mol. The molecule has 2 rings (SSSR count). The smallest absolute Gasteiger partial charge is 0.170 e. The molecule has 0 spiro atoms. The van der Waals surface area contributed by atoms with Gasteiger partial charge >= 0.3 is 0 Å². The summed E-state index contributed by atoms with van der Waals surface area (Å²) in [7, 11) is 1.77. The number of ether oxygens (including phenoxy) is 1. The number of anilines is 2. The van der Waals surface area contributed by atoms with Crippen LogP contribution in [0.1, 0.15) is 25.7 Å². The Balaban J connectivity index is 1.89. The lowest BCUT2D eigenvalue weighted by Gasteiger charge is -2.29. The molecule has 6 heteroatoms. The van der Waals surface area contributed by atoms with Gasteiger partial charge in [-0.15, -0.1) is 0 Å². The van der Waals surface area contributed by atoms with Gasteiger partial charge in [-0.3, -0.25) is 0 Å². The van der Waals surface area contributed by atoms with Crippen LogP contribution >= 0.6 is 15.9 Å². The minimum atomic E-state index is 0.434. The number of hydrogen-bond acceptors (Lipinski definition) is 5. The molecule has 1 aromatic heterocycles. The van der Waals surface area contributed by atoms with Gasteiger partial charge in [0.1, 0.15) is 4.60 Å². The van der Waals surface area contributed by atoms with Crippen LogP contribution in [0.4, 0.5) is 11.6 Å². The maximum absolute atomic E-state index is 5.80. The second kappa shape index (κ2) is 6.33. The molecule has 0 saturated heterocycles. The number of nitrogen functional groups attached to an aromatic ring is 1. The lowest BCUT2D eigenvalue weighted by Crippen LogP contribution is -2.28. The number of nitrogens with zero attached hydrogens (tertiary/aromatic N) is 2. The third kappa shape index (κ3) is 3.55. The Morgan fingerprint density at radius 3 is 2.83 bits per heavy atom. The van der Waals surface area contributed by atoms with Gasteiger partial charge in [0.15, 0.2) is 11.6 Å². The van der Waals surface area contributed by atoms with E-state index in [1.54, 1.807) is 13.3 Å². The molecule has 1 aliphatic rings. The van der Waals surface area contributed by atoms with E-state index < -0.39 is 0 Å². The molecule has 0 amide bonds. The van der Waals surface area contributed by atoms with Crippen molar-refractivity contribution in [2.45, 2.75) is 31.7 Å². The van der Waals surface area contributed by atoms with E-state index in [1.807, 2.05) is 0 Å². The first-order valence-electron chi connectivity index (χ1n) is 6.22. The number of methoxy groups -OCH3 is 1. The summed E-state index contributed by atoms with van der Waals surface area (Å²) in [6.07, 6.45) is 6.24. The fourth-order valence-corrected chi connectivity index (χ4v) is 2.67. The van der Waals surface area contributed by atoms with Crippen molar-refractivity contribution in [2.75, 3.05) is 24.8 Å². The summed E-state index contributed by atoms with van der Waals surface area (Å²) in [5, 5.41) is 3.38. The zero-order valence-corrected chi connectivity index (χ0v) is 12.1. The molecule has 1 heterocycles. The first-order valence-corrected chi connectivity index (χ1v) is 7.02. The molecule has 5 nitrogen and oxygen atoms in total. The van der Waals surface area contributed by atoms with Crippen LogP contribution in [0, 0.1) is 5.92 Å². The first-order chi connectivity index (χ1) is 8.69. The molecule has 0 aliphatic heterocycles. The molecule has 1 aliphatic carbocycles. The summed E-state index contributed by atoms with van der Waals surface area (Å²) in [5.74, 6) is 1.83. The van der Waals surface area contributed by atoms with Crippen molar-refractivity contribution in [3.8, 4) is 0 Å². The number of aromatic nitrogens is 2. The number of rotatable bonds is 4. The van der Waals surface area contributed by atoms with Gasteiger partial charge in [-0.1, -0.05) is 0 Å². The number of nitrogens with one attached hydrogen (secondary N) is 1. The van der Waals surface area contributed by atoms with Crippen molar-refractivity contribution >= 4 is 27.6 Å². The monoisotopic (exact) mass is 314 g/mol. The maximum atomic E-state index is 5.80. The van der Waals surface area contributed by atoms with Gasteiger partial charge in [-0.2, -0.15) is 0 Å². The van der Waals surface area contributed by atoms with Crippen LogP contribution < -0.4 is 11.1 Å². The maximum Gasteiger partial charge on any atom is 0.170 e. The first kappa shape index (κ1) is 13.5. The van der Waals surface area contributed by atoms with Crippen molar-refractivity contribution in [3.63, 3.8) is 0 Å². The fourth-order valence-electron chi connectivity index (χ4n) is 2.39. The van der Waals surface area contributed by atoms with Gasteiger partial charge in [0, 0.05) is 19.8 Å². The summed E-state index contributed by atoms with van der Waals surface area (Å²) in [6.45, 7) is 0.867. The minimum Gasteiger partial charge on any atom is -0.384 e. The molecule has 1 aromatic rings. The van der Waals surface area contributed by atoms with Gasteiger partial charge in [0.25, 0.3) is 0 Å². The lowest BCUT2D eigenvalue weighted by atomic mass is 9.86. The van der Waals surface area contributed by atoms with E-state index in [4.69, 9.17) is 10.5 Å². The highest BCUT2D eigenvalue weighted by atomic mass is 79.9. The van der Waals surface area contributed by atoms with Crippen molar-refractivity contribution in [2.24, 2.45) is 5.92 Å². The summed E-state index contributed by atoms with van der Waals surface area (Å²) in [4.78, 5) is 8.39. The second-order valence-electron chi connectivity index (χ2n) is 4.74. The zero-order valence-electron chi connectivity index (χ0n) is 10.5. The van der Waals surface area contributed by atoms with Crippen LogP contribution in [-0.4, -0.2) is 29.7 Å². The molecule has 1 saturated carbocycles. The molecule has 0 aromatic carbocycles. The van der Waals surface area contributed by atoms with E-state index in [0.29, 0.717) is 28.2 Å². The van der Waals surface area contributed by atoms with Crippen LogP contribution in [0.5, 0.6) is 0 Å². The Morgan fingerprint density at radius 1 is 1.44 bits per heavy atom. The van der Waals surface area contributed by atoms with Gasteiger partial charge in [-0.25, -0.2) is 9.97 Å². The summed E-state index contributed by atoms with van der Waals surface area (Å²) >= 11 is 3.31. The molecule has 0 radical (unpaired) electrons. The highest BCUT2D eigenvalue weighted by Gasteiger charge is 2.21. The van der Waals surface area contributed by atoms with Crippen LogP contribution in [0.2, 0.25) is 0 Å². The molecule has 100 valence electrons. The third-order valence-corrected chi connectivity index (χ3v) is 3.74. The number of hydrogen-bond donors (Lipinski definition) is 2. The Bertz CT molecular complexity index is 394. The number of nitrogens with two attached hydrogens (primary N) is 1. The van der Waals surface area contributed by atoms with Crippen molar-refractivity contribution in [3.05, 3.63) is 10.8 Å². The number of halogens is 1. The average Bonchev–Trinajstić information content (AvgIpc) is 2.37. The van der Waals surface area contributed by atoms with Crippen LogP contribution in [0.25, 0.3) is 0 Å². The highest BCUT2D eigenvalue weighted by molar-refractivity contribution is 9.10. The highest BCUT2D eigenvalue weighted by Crippen LogP contribution is 2.27. The minimum absolute atomic E-state index is 0.434. The lowest BCUT2D eigenvalue weighted by molar-refractivity contribution is 0.129. The van der Waals surface area contributed by atoms with Crippen LogP contribution in [-0.2, 0) is 4.74 Å². The topological polar surface area (TPSA) is 73.1 Å². The van der Waals surface area contributed by atoms with Crippen molar-refractivity contribution < 1.29 is 4.74 Å². The van der Waals surface area contributed by atoms with Crippen LogP contribution in [0.15, 0.2) is 10.8 Å². The molecule has 3 N–H and O–H groups in total. The van der Waals surface area contributed by atoms with E-state index in [9.17, 15) is 0 Å². The predicted octanol–water partition coefficient (Wildman–Crippen LogP) is 2.44. The Labute approximate surface area is 116 Å². The van der Waals surface area contributed by atoms with Crippen LogP contribution in [0.3, 0.4) is 0 Å². The van der Waals surface area contributed by atoms with Gasteiger partial charge in [0.2, 0.25) is 0 Å². The average molecular weight is 315 g/mol. The normalized spacial score (nSPS) is 23.9. The van der Waals surface area contributed by atoms with E-state index in [1.165, 1.54) is 12.8 Å². The second-order valence-corrected chi connectivity index (χ2v) is 5.56. The van der Waals surface area contributed by atoms with E-state index >= 15 is 0 Å². The molecule has 0 bridgehead atoms. The largest absolute Gasteiger partial charge is 0.384 e. The van der Waals surface area contributed by atoms with Gasteiger partial charge in [0.05, 0.1) is 6.20 Å². The molecule has 0 atom stereocenters. The van der Waals surface area contributed by atoms with Gasteiger partial charge in [-0.05, 0) is 47.5 Å². The Kier molecular flexibility index (Phi) is 4.77. The van der Waals surface area contributed by atoms with Crippen molar-refractivity contribution in [1.29, 1.82) is 0 Å². The molecule has 18 heavy (non-hydrogen) atoms. The Hall–Kier alpha value is -0.880. The Morgan fingerprint density at radius 2 is 2.17 bits per heavy atom. The molecular formula is C12H19BrN4O.